The van der Waals surface area contributed by atoms with Gasteiger partial charge in [0.1, 0.15) is 5.82 Å². The minimum atomic E-state index is 0.145. The number of aromatic nitrogens is 2. The third-order valence-corrected chi connectivity index (χ3v) is 2.39. The number of halogens is 2. The standard InChI is InChI=1S/C8H10BrClN2/c1-2-7(10)3-8-11-4-6(9)5-12-8/h4-5,7H,2-3H2,1H3. The molecule has 0 amide bonds. The second-order valence-corrected chi connectivity index (χ2v) is 4.06. The van der Waals surface area contributed by atoms with Crippen molar-refractivity contribution < 1.29 is 0 Å². The first-order valence-electron chi connectivity index (χ1n) is 3.83. The van der Waals surface area contributed by atoms with Crippen molar-refractivity contribution in [2.45, 2.75) is 25.1 Å². The Bertz CT molecular complexity index is 237. The van der Waals surface area contributed by atoms with Crippen molar-refractivity contribution in [2.75, 3.05) is 0 Å². The van der Waals surface area contributed by atoms with Crippen molar-refractivity contribution in [1.82, 2.24) is 9.97 Å². The van der Waals surface area contributed by atoms with Crippen molar-refractivity contribution in [1.29, 1.82) is 0 Å². The molecule has 66 valence electrons. The van der Waals surface area contributed by atoms with Crippen LogP contribution in [0.15, 0.2) is 16.9 Å². The fourth-order valence-corrected chi connectivity index (χ4v) is 1.13. The zero-order valence-electron chi connectivity index (χ0n) is 6.80. The Kier molecular flexibility index (Phi) is 3.95. The van der Waals surface area contributed by atoms with Crippen molar-refractivity contribution in [3.63, 3.8) is 0 Å². The van der Waals surface area contributed by atoms with Crippen LogP contribution in [0.2, 0.25) is 0 Å². The van der Waals surface area contributed by atoms with Crippen LogP contribution in [-0.2, 0) is 6.42 Å². The smallest absolute Gasteiger partial charge is 0.129 e. The quantitative estimate of drug-likeness (QED) is 0.770. The van der Waals surface area contributed by atoms with Crippen LogP contribution >= 0.6 is 27.5 Å². The van der Waals surface area contributed by atoms with Crippen LogP contribution in [0.25, 0.3) is 0 Å². The van der Waals surface area contributed by atoms with Gasteiger partial charge >= 0.3 is 0 Å². The van der Waals surface area contributed by atoms with Crippen LogP contribution in [0.4, 0.5) is 0 Å². The topological polar surface area (TPSA) is 25.8 Å². The Hall–Kier alpha value is -0.150. The van der Waals surface area contributed by atoms with Gasteiger partial charge in [0.25, 0.3) is 0 Å². The Morgan fingerprint density at radius 2 is 2.08 bits per heavy atom. The van der Waals surface area contributed by atoms with E-state index in [0.29, 0.717) is 0 Å². The summed E-state index contributed by atoms with van der Waals surface area (Å²) in [6, 6.07) is 0. The molecule has 0 aliphatic rings. The fourth-order valence-electron chi connectivity index (χ4n) is 0.787. The summed E-state index contributed by atoms with van der Waals surface area (Å²) in [5.41, 5.74) is 0. The lowest BCUT2D eigenvalue weighted by atomic mass is 10.2. The van der Waals surface area contributed by atoms with Crippen LogP contribution in [0.1, 0.15) is 19.2 Å². The summed E-state index contributed by atoms with van der Waals surface area (Å²) in [4.78, 5) is 8.25. The number of rotatable bonds is 3. The maximum atomic E-state index is 5.95. The normalized spacial score (nSPS) is 12.9. The lowest BCUT2D eigenvalue weighted by Gasteiger charge is -2.03. The molecule has 0 aromatic carbocycles. The molecule has 0 bridgehead atoms. The first kappa shape index (κ1) is 9.93. The van der Waals surface area contributed by atoms with Crippen LogP contribution in [0.5, 0.6) is 0 Å². The van der Waals surface area contributed by atoms with Gasteiger partial charge < -0.3 is 0 Å². The van der Waals surface area contributed by atoms with E-state index in [1.807, 2.05) is 0 Å². The van der Waals surface area contributed by atoms with Gasteiger partial charge in [-0.25, -0.2) is 9.97 Å². The van der Waals surface area contributed by atoms with Gasteiger partial charge in [0.2, 0.25) is 0 Å². The van der Waals surface area contributed by atoms with E-state index in [1.165, 1.54) is 0 Å². The van der Waals surface area contributed by atoms with Crippen molar-refractivity contribution in [3.8, 4) is 0 Å². The Labute approximate surface area is 85.5 Å². The molecule has 1 heterocycles. The highest BCUT2D eigenvalue weighted by Crippen LogP contribution is 2.09. The van der Waals surface area contributed by atoms with E-state index in [2.05, 4.69) is 32.8 Å². The predicted molar refractivity (Wildman–Crippen MR) is 53.4 cm³/mol. The van der Waals surface area contributed by atoms with E-state index < -0.39 is 0 Å². The maximum absolute atomic E-state index is 5.95. The van der Waals surface area contributed by atoms with Crippen molar-refractivity contribution in [2.24, 2.45) is 0 Å². The van der Waals surface area contributed by atoms with Crippen LogP contribution in [-0.4, -0.2) is 15.3 Å². The first-order valence-corrected chi connectivity index (χ1v) is 5.05. The lowest BCUT2D eigenvalue weighted by Crippen LogP contribution is -2.04. The van der Waals surface area contributed by atoms with Crippen LogP contribution in [0, 0.1) is 0 Å². The zero-order valence-corrected chi connectivity index (χ0v) is 9.14. The summed E-state index contributed by atoms with van der Waals surface area (Å²) in [6.45, 7) is 2.05. The molecule has 1 aromatic heterocycles. The Balaban J connectivity index is 2.58. The van der Waals surface area contributed by atoms with Crippen LogP contribution in [0.3, 0.4) is 0 Å². The average molecular weight is 250 g/mol. The van der Waals surface area contributed by atoms with E-state index in [0.717, 1.165) is 23.1 Å². The highest BCUT2D eigenvalue weighted by molar-refractivity contribution is 9.10. The van der Waals surface area contributed by atoms with E-state index in [4.69, 9.17) is 11.6 Å². The molecule has 1 atom stereocenters. The van der Waals surface area contributed by atoms with Gasteiger partial charge in [0.05, 0.1) is 4.47 Å². The molecule has 0 fully saturated rings. The molecule has 1 aromatic rings. The Morgan fingerprint density at radius 1 is 1.50 bits per heavy atom. The molecule has 0 spiro atoms. The number of alkyl halides is 1. The maximum Gasteiger partial charge on any atom is 0.129 e. The highest BCUT2D eigenvalue weighted by atomic mass is 79.9. The predicted octanol–water partition coefficient (Wildman–Crippen LogP) is 2.80. The molecular weight excluding hydrogens is 239 g/mol. The summed E-state index contributed by atoms with van der Waals surface area (Å²) in [5.74, 6) is 0.806. The molecule has 0 saturated heterocycles. The lowest BCUT2D eigenvalue weighted by molar-refractivity contribution is 0.760. The summed E-state index contributed by atoms with van der Waals surface area (Å²) in [5, 5.41) is 0.145. The number of hydrogen-bond acceptors (Lipinski definition) is 2. The molecular formula is C8H10BrClN2. The number of nitrogens with zero attached hydrogens (tertiary/aromatic N) is 2. The molecule has 0 saturated carbocycles. The van der Waals surface area contributed by atoms with Gasteiger partial charge in [0, 0.05) is 24.2 Å². The second-order valence-electron chi connectivity index (χ2n) is 2.53. The van der Waals surface area contributed by atoms with E-state index in [1.54, 1.807) is 12.4 Å². The molecule has 0 aliphatic heterocycles. The van der Waals surface area contributed by atoms with Crippen molar-refractivity contribution >= 4 is 27.5 Å². The summed E-state index contributed by atoms with van der Waals surface area (Å²) in [7, 11) is 0. The molecule has 1 rings (SSSR count). The average Bonchev–Trinajstić information content (AvgIpc) is 2.09. The minimum Gasteiger partial charge on any atom is -0.240 e. The fraction of sp³-hybridized carbons (Fsp3) is 0.500. The number of hydrogen-bond donors (Lipinski definition) is 0. The Morgan fingerprint density at radius 3 is 2.58 bits per heavy atom. The summed E-state index contributed by atoms with van der Waals surface area (Å²) >= 11 is 9.22. The molecule has 4 heteroatoms. The minimum absolute atomic E-state index is 0.145. The largest absolute Gasteiger partial charge is 0.240 e. The molecule has 0 N–H and O–H groups in total. The van der Waals surface area contributed by atoms with Crippen LogP contribution < -0.4 is 0 Å². The monoisotopic (exact) mass is 248 g/mol. The van der Waals surface area contributed by atoms with E-state index in [9.17, 15) is 0 Å². The summed E-state index contributed by atoms with van der Waals surface area (Å²) < 4.78 is 0.897. The van der Waals surface area contributed by atoms with Gasteiger partial charge in [-0.05, 0) is 22.4 Å². The van der Waals surface area contributed by atoms with Crippen molar-refractivity contribution in [3.05, 3.63) is 22.7 Å². The van der Waals surface area contributed by atoms with E-state index >= 15 is 0 Å². The van der Waals surface area contributed by atoms with Gasteiger partial charge in [-0.2, -0.15) is 0 Å². The highest BCUT2D eigenvalue weighted by Gasteiger charge is 2.04. The molecule has 12 heavy (non-hydrogen) atoms. The third-order valence-electron chi connectivity index (χ3n) is 1.52. The van der Waals surface area contributed by atoms with Gasteiger partial charge in [-0.15, -0.1) is 11.6 Å². The van der Waals surface area contributed by atoms with E-state index in [-0.39, 0.29) is 5.38 Å². The zero-order chi connectivity index (χ0) is 8.97. The molecule has 0 aliphatic carbocycles. The molecule has 2 nitrogen and oxygen atoms in total. The van der Waals surface area contributed by atoms with Gasteiger partial charge in [-0.1, -0.05) is 6.92 Å². The SMILES string of the molecule is CCC(Cl)Cc1ncc(Br)cn1. The molecule has 1 unspecified atom stereocenters. The van der Waals surface area contributed by atoms with Gasteiger partial charge in [0.15, 0.2) is 0 Å². The second kappa shape index (κ2) is 4.77. The summed E-state index contributed by atoms with van der Waals surface area (Å²) in [6.07, 6.45) is 5.16. The third kappa shape index (κ3) is 3.07. The van der Waals surface area contributed by atoms with Gasteiger partial charge in [-0.3, -0.25) is 0 Å². The molecule has 0 radical (unpaired) electrons. The first-order chi connectivity index (χ1) is 5.72.